The summed E-state index contributed by atoms with van der Waals surface area (Å²) in [6.07, 6.45) is -4.74. The van der Waals surface area contributed by atoms with Crippen LogP contribution < -0.4 is 21.1 Å². The topological polar surface area (TPSA) is 76.4 Å². The molecule has 4 N–H and O–H groups in total. The molecule has 8 heteroatoms. The van der Waals surface area contributed by atoms with Crippen LogP contribution in [0.4, 0.5) is 23.7 Å². The van der Waals surface area contributed by atoms with E-state index in [0.29, 0.717) is 5.69 Å². The molecule has 0 radical (unpaired) electrons. The lowest BCUT2D eigenvalue weighted by atomic mass is 10.1. The van der Waals surface area contributed by atoms with Crippen LogP contribution in [0.5, 0.6) is 5.75 Å². The summed E-state index contributed by atoms with van der Waals surface area (Å²) >= 11 is 0. The summed E-state index contributed by atoms with van der Waals surface area (Å²) in [6, 6.07) is 4.32. The van der Waals surface area contributed by atoms with Gasteiger partial charge in [-0.1, -0.05) is 0 Å². The molecule has 20 heavy (non-hydrogen) atoms. The average molecular weight is 291 g/mol. The Hall–Kier alpha value is -1.96. The van der Waals surface area contributed by atoms with Crippen molar-refractivity contribution in [3.63, 3.8) is 0 Å². The maximum absolute atomic E-state index is 12.0. The first kappa shape index (κ1) is 16.1. The van der Waals surface area contributed by atoms with Crippen LogP contribution in [0.25, 0.3) is 0 Å². The van der Waals surface area contributed by atoms with Gasteiger partial charge in [0.15, 0.2) is 0 Å². The van der Waals surface area contributed by atoms with Crippen LogP contribution in [-0.4, -0.2) is 24.5 Å². The van der Waals surface area contributed by atoms with E-state index in [2.05, 4.69) is 15.4 Å². The number of hydrogen-bond acceptors (Lipinski definition) is 3. The fraction of sp³-hybridized carbons (Fsp3) is 0.417. The predicted molar refractivity (Wildman–Crippen MR) is 68.4 cm³/mol. The van der Waals surface area contributed by atoms with Crippen molar-refractivity contribution in [2.75, 3.05) is 11.9 Å². The van der Waals surface area contributed by atoms with Crippen LogP contribution >= 0.6 is 0 Å². The monoisotopic (exact) mass is 291 g/mol. The number of urea groups is 1. The second-order valence-corrected chi connectivity index (χ2v) is 4.87. The van der Waals surface area contributed by atoms with E-state index in [9.17, 15) is 18.0 Å². The van der Waals surface area contributed by atoms with Crippen molar-refractivity contribution in [2.24, 2.45) is 5.73 Å². The highest BCUT2D eigenvalue weighted by Crippen LogP contribution is 2.23. The molecule has 0 heterocycles. The summed E-state index contributed by atoms with van der Waals surface area (Å²) < 4.78 is 39.6. The Morgan fingerprint density at radius 2 is 1.80 bits per heavy atom. The number of carbonyl (C=O) groups excluding carboxylic acids is 1. The van der Waals surface area contributed by atoms with E-state index in [-0.39, 0.29) is 12.3 Å². The van der Waals surface area contributed by atoms with Gasteiger partial charge in [0.25, 0.3) is 0 Å². The fourth-order valence-electron chi connectivity index (χ4n) is 1.22. The largest absolute Gasteiger partial charge is 0.573 e. The number of halogens is 3. The molecule has 112 valence electrons. The summed E-state index contributed by atoms with van der Waals surface area (Å²) in [7, 11) is 0. The minimum atomic E-state index is -4.74. The predicted octanol–water partition coefficient (Wildman–Crippen LogP) is 2.44. The SMILES string of the molecule is CC(C)(N)CNC(=O)Nc1ccc(OC(F)(F)F)cc1. The first-order valence-electron chi connectivity index (χ1n) is 5.75. The molecule has 0 fully saturated rings. The lowest BCUT2D eigenvalue weighted by molar-refractivity contribution is -0.274. The second kappa shape index (κ2) is 6.00. The molecular weight excluding hydrogens is 275 g/mol. The third-order valence-corrected chi connectivity index (χ3v) is 2.05. The molecule has 0 saturated carbocycles. The highest BCUT2D eigenvalue weighted by atomic mass is 19.4. The van der Waals surface area contributed by atoms with Gasteiger partial charge in [-0.15, -0.1) is 13.2 Å². The molecule has 0 bridgehead atoms. The molecule has 0 spiro atoms. The van der Waals surface area contributed by atoms with Gasteiger partial charge in [0.2, 0.25) is 0 Å². The molecule has 2 amide bonds. The minimum Gasteiger partial charge on any atom is -0.406 e. The molecule has 1 aromatic rings. The lowest BCUT2D eigenvalue weighted by Crippen LogP contribution is -2.46. The number of alkyl halides is 3. The average Bonchev–Trinajstić information content (AvgIpc) is 2.26. The molecule has 0 unspecified atom stereocenters. The third-order valence-electron chi connectivity index (χ3n) is 2.05. The maximum Gasteiger partial charge on any atom is 0.573 e. The van der Waals surface area contributed by atoms with E-state index in [1.165, 1.54) is 12.1 Å². The van der Waals surface area contributed by atoms with E-state index in [0.717, 1.165) is 12.1 Å². The molecule has 0 aliphatic rings. The zero-order chi connectivity index (χ0) is 15.4. The van der Waals surface area contributed by atoms with Gasteiger partial charge in [-0.25, -0.2) is 4.79 Å². The van der Waals surface area contributed by atoms with Crippen LogP contribution in [0.2, 0.25) is 0 Å². The number of carbonyl (C=O) groups is 1. The Balaban J connectivity index is 2.51. The van der Waals surface area contributed by atoms with Crippen molar-refractivity contribution < 1.29 is 22.7 Å². The molecule has 5 nitrogen and oxygen atoms in total. The summed E-state index contributed by atoms with van der Waals surface area (Å²) in [6.45, 7) is 3.75. The van der Waals surface area contributed by atoms with E-state index in [1.807, 2.05) is 0 Å². The molecule has 0 saturated heterocycles. The molecule has 0 atom stereocenters. The summed E-state index contributed by atoms with van der Waals surface area (Å²) in [5.74, 6) is -0.355. The van der Waals surface area contributed by atoms with Crippen molar-refractivity contribution in [3.8, 4) is 5.75 Å². The van der Waals surface area contributed by atoms with E-state index >= 15 is 0 Å². The lowest BCUT2D eigenvalue weighted by Gasteiger charge is -2.19. The van der Waals surface area contributed by atoms with E-state index in [4.69, 9.17) is 5.73 Å². The summed E-state index contributed by atoms with van der Waals surface area (Å²) in [5, 5.41) is 5.00. The number of amides is 2. The first-order chi connectivity index (χ1) is 9.05. The highest BCUT2D eigenvalue weighted by molar-refractivity contribution is 5.89. The number of rotatable bonds is 4. The van der Waals surface area contributed by atoms with Gasteiger partial charge in [-0.05, 0) is 38.1 Å². The maximum atomic E-state index is 12.0. The molecule has 1 rings (SSSR count). The Kier molecular flexibility index (Phi) is 4.83. The highest BCUT2D eigenvalue weighted by Gasteiger charge is 2.30. The van der Waals surface area contributed by atoms with Gasteiger partial charge in [0.05, 0.1) is 0 Å². The van der Waals surface area contributed by atoms with Crippen molar-refractivity contribution in [1.82, 2.24) is 5.32 Å². The van der Waals surface area contributed by atoms with E-state index in [1.54, 1.807) is 13.8 Å². The quantitative estimate of drug-likeness (QED) is 0.797. The van der Waals surface area contributed by atoms with Gasteiger partial charge in [0, 0.05) is 17.8 Å². The minimum absolute atomic E-state index is 0.258. The number of nitrogens with two attached hydrogens (primary N) is 1. The normalized spacial score (nSPS) is 11.9. The molecule has 0 aliphatic heterocycles. The number of benzene rings is 1. The molecular formula is C12H16F3N3O2. The Morgan fingerprint density at radius 1 is 1.25 bits per heavy atom. The fourth-order valence-corrected chi connectivity index (χ4v) is 1.22. The molecule has 0 aliphatic carbocycles. The zero-order valence-corrected chi connectivity index (χ0v) is 11.0. The van der Waals surface area contributed by atoms with Gasteiger partial charge >= 0.3 is 12.4 Å². The van der Waals surface area contributed by atoms with Crippen LogP contribution in [0.15, 0.2) is 24.3 Å². The Bertz CT molecular complexity index is 453. The van der Waals surface area contributed by atoms with Crippen LogP contribution in [0.3, 0.4) is 0 Å². The van der Waals surface area contributed by atoms with Crippen molar-refractivity contribution >= 4 is 11.7 Å². The smallest absolute Gasteiger partial charge is 0.406 e. The summed E-state index contributed by atoms with van der Waals surface area (Å²) in [5.41, 5.74) is 5.48. The second-order valence-electron chi connectivity index (χ2n) is 4.87. The zero-order valence-electron chi connectivity index (χ0n) is 11.0. The Labute approximate surface area is 114 Å². The Morgan fingerprint density at radius 3 is 2.25 bits per heavy atom. The number of hydrogen-bond donors (Lipinski definition) is 3. The molecule has 1 aromatic carbocycles. The van der Waals surface area contributed by atoms with Gasteiger partial charge < -0.3 is 21.1 Å². The number of anilines is 1. The van der Waals surface area contributed by atoms with Crippen molar-refractivity contribution in [1.29, 1.82) is 0 Å². The van der Waals surface area contributed by atoms with Crippen molar-refractivity contribution in [3.05, 3.63) is 24.3 Å². The van der Waals surface area contributed by atoms with Crippen LogP contribution in [-0.2, 0) is 0 Å². The first-order valence-corrected chi connectivity index (χ1v) is 5.75. The van der Waals surface area contributed by atoms with Crippen LogP contribution in [0.1, 0.15) is 13.8 Å². The van der Waals surface area contributed by atoms with Crippen molar-refractivity contribution in [2.45, 2.75) is 25.7 Å². The number of nitrogens with one attached hydrogen (secondary N) is 2. The van der Waals surface area contributed by atoms with Crippen LogP contribution in [0, 0.1) is 0 Å². The van der Waals surface area contributed by atoms with Gasteiger partial charge in [-0.2, -0.15) is 0 Å². The van der Waals surface area contributed by atoms with Gasteiger partial charge in [-0.3, -0.25) is 0 Å². The number of ether oxygens (including phenoxy) is 1. The summed E-state index contributed by atoms with van der Waals surface area (Å²) in [4.78, 5) is 11.5. The van der Waals surface area contributed by atoms with Gasteiger partial charge in [0.1, 0.15) is 5.75 Å². The van der Waals surface area contributed by atoms with E-state index < -0.39 is 17.9 Å². The molecule has 0 aromatic heterocycles. The third kappa shape index (κ3) is 6.83. The standard InChI is InChI=1S/C12H16F3N3O2/c1-11(2,16)7-17-10(19)18-8-3-5-9(6-4-8)20-12(13,14)15/h3-6H,7,16H2,1-2H3,(H2,17,18,19).